The summed E-state index contributed by atoms with van der Waals surface area (Å²) in [6.45, 7) is 22.8. The van der Waals surface area contributed by atoms with Crippen molar-refractivity contribution in [2.45, 2.75) is 203 Å². The largest absolute Gasteiger partial charge is 0.456 e. The first-order valence-electron chi connectivity index (χ1n) is 48.7. The van der Waals surface area contributed by atoms with Gasteiger partial charge in [0, 0.05) is 167 Å². The summed E-state index contributed by atoms with van der Waals surface area (Å²) in [5, 5.41) is 26.6. The molecule has 4 amide bonds. The molecule has 2 aromatic heterocycles. The Bertz CT molecular complexity index is 7180. The summed E-state index contributed by atoms with van der Waals surface area (Å²) < 4.78 is 119. The first-order valence-corrected chi connectivity index (χ1v) is 54.0. The first-order chi connectivity index (χ1) is 67.4. The second-order valence-electron chi connectivity index (χ2n) is 38.8. The fraction of sp³-hybridized carbons (Fsp3) is 0.376. The molecule has 1 unspecified atom stereocenters. The number of Topliss-reactive ketones (excluding diaryl/α,β-unsaturated/α-hetero) is 1. The number of carbonyl (C=O) groups is 6. The highest BCUT2D eigenvalue weighted by atomic mass is 32.2. The van der Waals surface area contributed by atoms with Crippen LogP contribution in [0.2, 0.25) is 0 Å². The van der Waals surface area contributed by atoms with Gasteiger partial charge in [0.2, 0.25) is 38.6 Å². The molecule has 0 radical (unpaired) electrons. The molecule has 7 aromatic carbocycles. The van der Waals surface area contributed by atoms with Crippen molar-refractivity contribution in [1.29, 1.82) is 0 Å². The van der Waals surface area contributed by atoms with E-state index in [1.165, 1.54) is 55.7 Å². The van der Waals surface area contributed by atoms with E-state index in [1.807, 2.05) is 103 Å². The van der Waals surface area contributed by atoms with Crippen LogP contribution in [-0.2, 0) is 78.6 Å². The number of amides is 4. The maximum absolute atomic E-state index is 15.1. The zero-order chi connectivity index (χ0) is 100. The number of esters is 1. The summed E-state index contributed by atoms with van der Waals surface area (Å²) >= 11 is 1.39. The fourth-order valence-corrected chi connectivity index (χ4v) is 23.8. The van der Waals surface area contributed by atoms with Crippen LogP contribution in [-0.4, -0.2) is 165 Å². The van der Waals surface area contributed by atoms with E-state index < -0.39 is 71.0 Å². The molecule has 1 aliphatic carbocycles. The van der Waals surface area contributed by atoms with E-state index in [-0.39, 0.29) is 81.6 Å². The maximum atomic E-state index is 15.1. The van der Waals surface area contributed by atoms with Gasteiger partial charge in [-0.3, -0.25) is 33.1 Å². The molecule has 9 aromatic rings. The minimum atomic E-state index is -4.52. The van der Waals surface area contributed by atoms with Crippen LogP contribution < -0.4 is 41.0 Å². The Hall–Kier alpha value is -12.7. The van der Waals surface area contributed by atoms with E-state index in [0.717, 1.165) is 106 Å². The molecule has 8 heterocycles. The fourth-order valence-electron chi connectivity index (χ4n) is 20.5. The molecule has 1 saturated heterocycles. The van der Waals surface area contributed by atoms with Crippen LogP contribution in [0.3, 0.4) is 0 Å². The van der Waals surface area contributed by atoms with Crippen molar-refractivity contribution in [3.63, 3.8) is 0 Å². The van der Waals surface area contributed by atoms with E-state index in [4.69, 9.17) is 9.15 Å². The summed E-state index contributed by atoms with van der Waals surface area (Å²) in [6, 6.07) is 49.7. The minimum absolute atomic E-state index is 0.102. The smallest absolute Gasteiger partial charge is 0.339 e. The topological polar surface area (TPSA) is 362 Å². The molecular formula is C109H124N12O16S4+2. The van der Waals surface area contributed by atoms with Crippen molar-refractivity contribution in [3.8, 4) is 22.5 Å². The van der Waals surface area contributed by atoms with Crippen molar-refractivity contribution in [1.82, 2.24) is 45.1 Å². The van der Waals surface area contributed by atoms with Gasteiger partial charge >= 0.3 is 5.97 Å². The standard InChI is InChI=1S/C109H122N12O16S4/c1-11-117-90-46-42-81(140(130,131)132)66-86(90)107(6,7)98(117)37-16-14-17-38-99-108(8,9)87-67-82(141(133,134)135)43-47-91(87)120(99)56-29-15-18-39-100(123)110-53-28-25-35-92(121-68-97(114-115-121)109(10,71(2)3)113-105(126)77-52-61-138-70-77)93(122)69-136-106(127)101-72(4)62-78(63-73(101)5)104(125)112-55-27-13-12-26-54-111-103(124)76-48-57-116(58-49-76)139(128,129)96-36-24-21-32-85(96)102-83-44-40-79(118-59-50-74-30-19-22-33-88(74)118)64-94(83)137-95-65-80(41-45-84(95)102)119-60-51-75-31-20-23-34-89(75)119/h14,16-17,19-24,30-34,36-38,40-47,52,61-68,70-71,76,92H,11-13,15,18,25-29,35,39,48-51,53-60,69H2,1-10H3,(H4-2,110,111,112,113,123,124,125,126,130,131,132,133,134,135)/p+2/t92-,109?/m0/s1. The molecule has 1 fully saturated rings. The highest BCUT2D eigenvalue weighted by molar-refractivity contribution is 7.89. The lowest BCUT2D eigenvalue weighted by molar-refractivity contribution is -0.433. The maximum Gasteiger partial charge on any atom is 0.339 e. The summed E-state index contributed by atoms with van der Waals surface area (Å²) in [6.07, 6.45) is 20.1. The van der Waals surface area contributed by atoms with Gasteiger partial charge in [-0.25, -0.2) is 17.9 Å². The molecule has 0 spiro atoms. The van der Waals surface area contributed by atoms with E-state index in [9.17, 15) is 54.7 Å². The van der Waals surface area contributed by atoms with Gasteiger partial charge in [0.05, 0.1) is 49.0 Å². The van der Waals surface area contributed by atoms with Crippen molar-refractivity contribution >= 4 is 122 Å². The van der Waals surface area contributed by atoms with Crippen molar-refractivity contribution < 1.29 is 76.9 Å². The van der Waals surface area contributed by atoms with Crippen LogP contribution in [0.5, 0.6) is 0 Å². The number of ether oxygens (including phenoxy) is 1. The molecule has 2 atom stereocenters. The van der Waals surface area contributed by atoms with Crippen LogP contribution in [0.1, 0.15) is 215 Å². The number of thiophene rings is 1. The lowest BCUT2D eigenvalue weighted by atomic mass is 9.81. The number of hydrogen-bond acceptors (Lipinski definition) is 19. The molecule has 6 aliphatic heterocycles. The number of allylic oxidation sites excluding steroid dienone is 6. The molecule has 0 bridgehead atoms. The van der Waals surface area contributed by atoms with Crippen LogP contribution in [0.25, 0.3) is 33.4 Å². The van der Waals surface area contributed by atoms with Crippen molar-refractivity contribution in [3.05, 3.63) is 278 Å². The number of rotatable bonds is 39. The normalized spacial score (nSPS) is 16.7. The minimum Gasteiger partial charge on any atom is -0.456 e. The van der Waals surface area contributed by atoms with Gasteiger partial charge in [-0.05, 0) is 224 Å². The summed E-state index contributed by atoms with van der Waals surface area (Å²) in [4.78, 5) is 87.3. The van der Waals surface area contributed by atoms with Crippen LogP contribution in [0.15, 0.2) is 236 Å². The number of aromatic nitrogens is 3. The Balaban J connectivity index is 0.487. The molecular weight excluding hydrogens is 1860 g/mol. The quantitative estimate of drug-likeness (QED) is 0.00520. The average Bonchev–Trinajstić information content (AvgIpc) is 1.69. The van der Waals surface area contributed by atoms with E-state index in [2.05, 4.69) is 135 Å². The van der Waals surface area contributed by atoms with Crippen molar-refractivity contribution in [2.24, 2.45) is 11.8 Å². The number of ketones is 1. The molecule has 738 valence electrons. The average molecular weight is 1990 g/mol. The highest BCUT2D eigenvalue weighted by Crippen LogP contribution is 2.51. The van der Waals surface area contributed by atoms with Gasteiger partial charge in [0.1, 0.15) is 29.6 Å². The third kappa shape index (κ3) is 21.7. The second kappa shape index (κ2) is 42.6. The second-order valence-corrected chi connectivity index (χ2v) is 44.3. The Morgan fingerprint density at radius 2 is 1.35 bits per heavy atom. The third-order valence-corrected chi connectivity index (χ3v) is 33.0. The van der Waals surface area contributed by atoms with Gasteiger partial charge in [-0.2, -0.15) is 41.6 Å². The Morgan fingerprint density at radius 1 is 0.660 bits per heavy atom. The third-order valence-electron chi connectivity index (χ3n) is 28.6. The molecule has 6 N–H and O–H groups in total. The molecule has 32 heteroatoms. The number of fused-ring (bicyclic) bond motifs is 6. The number of benzene rings is 8. The zero-order valence-electron chi connectivity index (χ0n) is 81.4. The molecule has 16 rings (SSSR count). The SMILES string of the molecule is CC[N+]1=C(/C=C/C=C/C=C2/N(CCCCCC(=O)NCCCC[C@@H](C(=O)COC(=O)c3c(C)cc(C(=O)NCCCCCCNC(=O)C4CCN(S(=O)(=O)c5ccccc5-c5c6ccc(=[N+]7CCc8ccccc87)cc-6oc6cc(N7CCc8ccccc87)ccc56)CC4)cc3C)n3cc(C(C)(NC(=O)c4ccsc4)C(C)C)nn3)c3ccc(S(=O)(=O)O)cc3C2(C)C)C(C)(C)c2cc(S(=O)(=O)O)ccc21. The predicted octanol–water partition coefficient (Wildman–Crippen LogP) is 17.8. The number of nitrogens with zero attached hydrogens (tertiary/aromatic N) is 8. The van der Waals surface area contributed by atoms with Crippen LogP contribution >= 0.6 is 11.3 Å². The first kappa shape index (κ1) is 101. The summed E-state index contributed by atoms with van der Waals surface area (Å²) in [5.74, 6) is -2.03. The highest BCUT2D eigenvalue weighted by Gasteiger charge is 2.46. The Morgan fingerprint density at radius 3 is 2.08 bits per heavy atom. The number of hydrogen-bond donors (Lipinski definition) is 6. The van der Waals surface area contributed by atoms with Gasteiger partial charge in [0.25, 0.3) is 32.1 Å². The molecule has 141 heavy (non-hydrogen) atoms. The van der Waals surface area contributed by atoms with Crippen molar-refractivity contribution in [2.75, 3.05) is 75.3 Å². The number of nitrogens with one attached hydrogen (secondary N) is 4. The summed E-state index contributed by atoms with van der Waals surface area (Å²) in [5.41, 5.74) is 13.6. The van der Waals surface area contributed by atoms with Crippen LogP contribution in [0, 0.1) is 25.7 Å². The van der Waals surface area contributed by atoms with Gasteiger partial charge in [0.15, 0.2) is 24.6 Å². The lowest BCUT2D eigenvalue weighted by Crippen LogP contribution is -2.47. The number of piperidine rings is 1. The van der Waals surface area contributed by atoms with E-state index in [1.54, 1.807) is 67.9 Å². The monoisotopic (exact) mass is 1980 g/mol. The number of aryl methyl sites for hydroxylation is 2. The number of para-hydroxylation sites is 2. The Kier molecular flexibility index (Phi) is 30.6. The number of carbonyl (C=O) groups excluding carboxylic acids is 6. The number of sulfonamides is 1. The zero-order valence-corrected chi connectivity index (χ0v) is 84.7. The van der Waals surface area contributed by atoms with Crippen LogP contribution in [0.4, 0.5) is 28.4 Å². The number of unbranched alkanes of at least 4 members (excludes halogenated alkanes) is 6. The molecule has 7 aliphatic rings. The summed E-state index contributed by atoms with van der Waals surface area (Å²) in [7, 11) is -13.0. The van der Waals surface area contributed by atoms with E-state index in [0.29, 0.717) is 141 Å². The van der Waals surface area contributed by atoms with Gasteiger partial charge in [-0.15, -0.1) is 5.10 Å². The Labute approximate surface area is 828 Å². The van der Waals surface area contributed by atoms with Gasteiger partial charge < -0.3 is 40.2 Å². The molecule has 28 nitrogen and oxygen atoms in total. The van der Waals surface area contributed by atoms with E-state index >= 15 is 8.42 Å². The van der Waals surface area contributed by atoms with Gasteiger partial charge in [-0.1, -0.05) is 125 Å². The number of anilines is 3. The predicted molar refractivity (Wildman–Crippen MR) is 548 cm³/mol. The molecule has 0 saturated carbocycles. The lowest BCUT2D eigenvalue weighted by Gasteiger charge is -2.32.